The van der Waals surface area contributed by atoms with Gasteiger partial charge in [-0.1, -0.05) is 12.1 Å². The van der Waals surface area contributed by atoms with Crippen LogP contribution in [0, 0.1) is 0 Å². The smallest absolute Gasteiger partial charge is 0.195 e. The summed E-state index contributed by atoms with van der Waals surface area (Å²) < 4.78 is 16.6. The van der Waals surface area contributed by atoms with Gasteiger partial charge in [0, 0.05) is 27.2 Å². The number of allylic oxidation sites excluding steroid dienone is 1. The number of hydrogen-bond donors (Lipinski definition) is 0. The zero-order chi connectivity index (χ0) is 16.6. The van der Waals surface area contributed by atoms with E-state index in [0.29, 0.717) is 22.6 Å². The predicted molar refractivity (Wildman–Crippen MR) is 92.6 cm³/mol. The summed E-state index contributed by atoms with van der Waals surface area (Å²) in [5, 5.41) is 0. The highest BCUT2D eigenvalue weighted by atomic mass is 79.9. The molecular weight excluding hydrogens is 360 g/mol. The second-order valence-corrected chi connectivity index (χ2v) is 5.79. The third-order valence-electron chi connectivity index (χ3n) is 3.82. The van der Waals surface area contributed by atoms with E-state index in [0.717, 1.165) is 21.4 Å². The lowest BCUT2D eigenvalue weighted by Crippen LogP contribution is -2.00. The molecule has 0 amide bonds. The molecule has 1 aliphatic rings. The second kappa shape index (κ2) is 6.08. The minimum atomic E-state index is -0.0609. The first-order chi connectivity index (χ1) is 11.1. The Balaban J connectivity index is 2.16. The largest absolute Gasteiger partial charge is 0.497 e. The highest BCUT2D eigenvalue weighted by Gasteiger charge is 2.32. The lowest BCUT2D eigenvalue weighted by molar-refractivity contribution is 0.105. The Kier molecular flexibility index (Phi) is 4.13. The number of ether oxygens (including phenoxy) is 3. The van der Waals surface area contributed by atoms with Gasteiger partial charge in [-0.05, 0) is 39.7 Å². The van der Waals surface area contributed by atoms with Crippen LogP contribution in [-0.2, 0) is 0 Å². The van der Waals surface area contributed by atoms with Crippen LogP contribution in [-0.4, -0.2) is 27.1 Å². The summed E-state index contributed by atoms with van der Waals surface area (Å²) in [6, 6.07) is 10.9. The molecule has 23 heavy (non-hydrogen) atoms. The number of Topliss-reactive ketones (excluding diaryl/α,β-unsaturated/α-hetero) is 1. The van der Waals surface area contributed by atoms with Gasteiger partial charge >= 0.3 is 0 Å². The molecule has 2 aromatic rings. The first-order valence-electron chi connectivity index (χ1n) is 6.96. The van der Waals surface area contributed by atoms with E-state index in [1.807, 2.05) is 24.3 Å². The standard InChI is InChI=1S/C18H15BrO4/c1-21-11-6-4-10(5-7-11)15-17(19)16-13(18(15)20)8-12(22-2)9-14(16)23-3/h4-9H,1-3H3. The SMILES string of the molecule is COc1ccc(C2=C(Br)c3c(OC)cc(OC)cc3C2=O)cc1. The maximum atomic E-state index is 12.9. The van der Waals surface area contributed by atoms with Crippen LogP contribution in [0.4, 0.5) is 0 Å². The third kappa shape index (κ3) is 2.51. The highest BCUT2D eigenvalue weighted by molar-refractivity contribution is 9.15. The van der Waals surface area contributed by atoms with E-state index in [2.05, 4.69) is 15.9 Å². The maximum Gasteiger partial charge on any atom is 0.195 e. The van der Waals surface area contributed by atoms with E-state index >= 15 is 0 Å². The number of hydrogen-bond acceptors (Lipinski definition) is 4. The molecule has 0 atom stereocenters. The van der Waals surface area contributed by atoms with Gasteiger partial charge in [0.1, 0.15) is 17.2 Å². The molecule has 0 aromatic heterocycles. The monoisotopic (exact) mass is 374 g/mol. The third-order valence-corrected chi connectivity index (χ3v) is 4.61. The molecule has 0 fully saturated rings. The zero-order valence-corrected chi connectivity index (χ0v) is 14.6. The van der Waals surface area contributed by atoms with Gasteiger partial charge in [-0.15, -0.1) is 0 Å². The Morgan fingerprint density at radius 3 is 2.09 bits per heavy atom. The van der Waals surface area contributed by atoms with E-state index in [9.17, 15) is 4.79 Å². The number of fused-ring (bicyclic) bond motifs is 1. The summed E-state index contributed by atoms with van der Waals surface area (Å²) >= 11 is 3.56. The van der Waals surface area contributed by atoms with Gasteiger partial charge in [0.15, 0.2) is 5.78 Å². The van der Waals surface area contributed by atoms with E-state index in [-0.39, 0.29) is 5.78 Å². The summed E-state index contributed by atoms with van der Waals surface area (Å²) in [6.07, 6.45) is 0. The van der Waals surface area contributed by atoms with Gasteiger partial charge in [0.25, 0.3) is 0 Å². The van der Waals surface area contributed by atoms with Crippen molar-refractivity contribution >= 4 is 31.8 Å². The van der Waals surface area contributed by atoms with Crippen molar-refractivity contribution in [1.82, 2.24) is 0 Å². The summed E-state index contributed by atoms with van der Waals surface area (Å²) in [5.74, 6) is 1.87. The van der Waals surface area contributed by atoms with Crippen LogP contribution < -0.4 is 14.2 Å². The first-order valence-corrected chi connectivity index (χ1v) is 7.75. The van der Waals surface area contributed by atoms with Crippen LogP contribution in [0.2, 0.25) is 0 Å². The van der Waals surface area contributed by atoms with Crippen molar-refractivity contribution < 1.29 is 19.0 Å². The molecule has 1 aliphatic carbocycles. The molecule has 0 aliphatic heterocycles. The molecule has 2 aromatic carbocycles. The molecule has 0 unspecified atom stereocenters. The fourth-order valence-electron chi connectivity index (χ4n) is 2.65. The molecule has 0 saturated heterocycles. The maximum absolute atomic E-state index is 12.9. The van der Waals surface area contributed by atoms with Gasteiger partial charge in [-0.3, -0.25) is 4.79 Å². The molecule has 0 N–H and O–H groups in total. The van der Waals surface area contributed by atoms with E-state index in [1.165, 1.54) is 0 Å². The Labute approximate surface area is 142 Å². The molecule has 118 valence electrons. The lowest BCUT2D eigenvalue weighted by Gasteiger charge is -2.09. The molecule has 3 rings (SSSR count). The molecular formula is C18H15BrO4. The first kappa shape index (κ1) is 15.6. The normalized spacial score (nSPS) is 13.1. The van der Waals surface area contributed by atoms with Gasteiger partial charge < -0.3 is 14.2 Å². The van der Waals surface area contributed by atoms with Crippen LogP contribution in [0.1, 0.15) is 21.5 Å². The highest BCUT2D eigenvalue weighted by Crippen LogP contribution is 2.47. The predicted octanol–water partition coefficient (Wildman–Crippen LogP) is 4.17. The molecule has 4 nitrogen and oxygen atoms in total. The van der Waals surface area contributed by atoms with Gasteiger partial charge in [0.2, 0.25) is 0 Å². The van der Waals surface area contributed by atoms with Crippen LogP contribution in [0.3, 0.4) is 0 Å². The number of benzene rings is 2. The average molecular weight is 375 g/mol. The zero-order valence-electron chi connectivity index (χ0n) is 13.0. The molecule has 0 heterocycles. The number of rotatable bonds is 4. The number of methoxy groups -OCH3 is 3. The number of carbonyl (C=O) groups is 1. The van der Waals surface area contributed by atoms with E-state index in [1.54, 1.807) is 33.5 Å². The topological polar surface area (TPSA) is 44.8 Å². The Bertz CT molecular complexity index is 807. The number of ketones is 1. The van der Waals surface area contributed by atoms with Crippen LogP contribution >= 0.6 is 15.9 Å². The summed E-state index contributed by atoms with van der Waals surface area (Å²) in [5.41, 5.74) is 2.75. The molecule has 0 bridgehead atoms. The molecule has 0 radical (unpaired) electrons. The van der Waals surface area contributed by atoms with Gasteiger partial charge in [-0.25, -0.2) is 0 Å². The lowest BCUT2D eigenvalue weighted by atomic mass is 10.0. The van der Waals surface area contributed by atoms with Crippen molar-refractivity contribution in [2.75, 3.05) is 21.3 Å². The Hall–Kier alpha value is -2.27. The quantitative estimate of drug-likeness (QED) is 0.805. The van der Waals surface area contributed by atoms with Crippen molar-refractivity contribution in [3.63, 3.8) is 0 Å². The molecule has 0 saturated carbocycles. The van der Waals surface area contributed by atoms with Gasteiger partial charge in [-0.2, -0.15) is 0 Å². The van der Waals surface area contributed by atoms with E-state index < -0.39 is 0 Å². The average Bonchev–Trinajstić information content (AvgIpc) is 2.85. The van der Waals surface area contributed by atoms with Crippen LogP contribution in [0.5, 0.6) is 17.2 Å². The molecule has 0 spiro atoms. The second-order valence-electron chi connectivity index (χ2n) is 5.00. The number of halogens is 1. The van der Waals surface area contributed by atoms with Crippen LogP contribution in [0.15, 0.2) is 36.4 Å². The minimum absolute atomic E-state index is 0.0609. The Morgan fingerprint density at radius 2 is 1.52 bits per heavy atom. The van der Waals surface area contributed by atoms with Gasteiger partial charge in [0.05, 0.1) is 21.3 Å². The minimum Gasteiger partial charge on any atom is -0.497 e. The number of carbonyl (C=O) groups excluding carboxylic acids is 1. The summed E-state index contributed by atoms with van der Waals surface area (Å²) in [4.78, 5) is 12.9. The Morgan fingerprint density at radius 1 is 0.870 bits per heavy atom. The van der Waals surface area contributed by atoms with Crippen molar-refractivity contribution in [3.8, 4) is 17.2 Å². The van der Waals surface area contributed by atoms with Crippen molar-refractivity contribution in [2.24, 2.45) is 0 Å². The van der Waals surface area contributed by atoms with Crippen molar-refractivity contribution in [3.05, 3.63) is 53.1 Å². The fraction of sp³-hybridized carbons (Fsp3) is 0.167. The summed E-state index contributed by atoms with van der Waals surface area (Å²) in [6.45, 7) is 0. The summed E-state index contributed by atoms with van der Waals surface area (Å²) in [7, 11) is 4.75. The van der Waals surface area contributed by atoms with Crippen molar-refractivity contribution in [2.45, 2.75) is 0 Å². The fourth-order valence-corrected chi connectivity index (χ4v) is 3.47. The van der Waals surface area contributed by atoms with E-state index in [4.69, 9.17) is 14.2 Å². The van der Waals surface area contributed by atoms with Crippen molar-refractivity contribution in [1.29, 1.82) is 0 Å². The molecule has 5 heteroatoms. The van der Waals surface area contributed by atoms with Crippen LogP contribution in [0.25, 0.3) is 10.1 Å².